The number of hydrogen-bond donors (Lipinski definition) is 0. The highest BCUT2D eigenvalue weighted by Gasteiger charge is 2.26. The van der Waals surface area contributed by atoms with E-state index in [-0.39, 0.29) is 11.9 Å². The summed E-state index contributed by atoms with van der Waals surface area (Å²) in [7, 11) is 0. The molecule has 0 bridgehead atoms. The molecule has 5 nitrogen and oxygen atoms in total. The molecule has 1 aliphatic heterocycles. The van der Waals surface area contributed by atoms with Crippen LogP contribution < -0.4 is 0 Å². The van der Waals surface area contributed by atoms with Crippen LogP contribution in [0.1, 0.15) is 51.0 Å². The number of rotatable bonds is 7. The van der Waals surface area contributed by atoms with E-state index >= 15 is 0 Å². The molecular weight excluding hydrogens is 352 g/mol. The fraction of sp³-hybridized carbons (Fsp3) is 0.565. The SMILES string of the molecule is CCOC(=O)[C@@H]1CCCN(CCON=C2CCCCC2=Cc2ccccc2)C1. The smallest absolute Gasteiger partial charge is 0.310 e. The Labute approximate surface area is 168 Å². The lowest BCUT2D eigenvalue weighted by Gasteiger charge is -2.30. The summed E-state index contributed by atoms with van der Waals surface area (Å²) in [6.07, 6.45) is 8.60. The summed E-state index contributed by atoms with van der Waals surface area (Å²) in [5, 5.41) is 4.46. The Morgan fingerprint density at radius 1 is 1.21 bits per heavy atom. The fourth-order valence-corrected chi connectivity index (χ4v) is 3.93. The first-order chi connectivity index (χ1) is 13.8. The van der Waals surface area contributed by atoms with Gasteiger partial charge in [0, 0.05) is 13.1 Å². The van der Waals surface area contributed by atoms with E-state index in [1.54, 1.807) is 0 Å². The zero-order valence-electron chi connectivity index (χ0n) is 16.9. The molecule has 0 radical (unpaired) electrons. The molecule has 0 N–H and O–H groups in total. The van der Waals surface area contributed by atoms with Crippen LogP contribution in [0.5, 0.6) is 0 Å². The second-order valence-electron chi connectivity index (χ2n) is 7.55. The number of allylic oxidation sites excluding steroid dienone is 1. The lowest BCUT2D eigenvalue weighted by molar-refractivity contribution is -0.150. The van der Waals surface area contributed by atoms with Crippen molar-refractivity contribution in [2.24, 2.45) is 11.1 Å². The van der Waals surface area contributed by atoms with Gasteiger partial charge in [0.05, 0.1) is 18.2 Å². The number of benzene rings is 1. The van der Waals surface area contributed by atoms with Gasteiger partial charge in [0.15, 0.2) is 0 Å². The molecule has 5 heteroatoms. The average molecular weight is 385 g/mol. The summed E-state index contributed by atoms with van der Waals surface area (Å²) in [5.74, 6) is -0.0648. The van der Waals surface area contributed by atoms with E-state index in [2.05, 4.69) is 40.4 Å². The van der Waals surface area contributed by atoms with Gasteiger partial charge in [-0.15, -0.1) is 0 Å². The van der Waals surface area contributed by atoms with Crippen LogP contribution in [0.4, 0.5) is 0 Å². The van der Waals surface area contributed by atoms with Gasteiger partial charge >= 0.3 is 5.97 Å². The summed E-state index contributed by atoms with van der Waals surface area (Å²) < 4.78 is 5.17. The summed E-state index contributed by atoms with van der Waals surface area (Å²) in [6, 6.07) is 10.4. The Bertz CT molecular complexity index is 684. The predicted molar refractivity (Wildman–Crippen MR) is 112 cm³/mol. The molecule has 1 aromatic rings. The minimum Gasteiger partial charge on any atom is -0.466 e. The van der Waals surface area contributed by atoms with Crippen LogP contribution in [0, 0.1) is 5.92 Å². The van der Waals surface area contributed by atoms with Gasteiger partial charge in [0.25, 0.3) is 0 Å². The second-order valence-corrected chi connectivity index (χ2v) is 7.55. The third kappa shape index (κ3) is 6.20. The zero-order chi connectivity index (χ0) is 19.6. The standard InChI is InChI=1S/C23H32N2O3/c1-2-27-23(26)21-12-8-14-25(18-21)15-16-28-24-22-13-7-6-11-20(22)17-19-9-4-3-5-10-19/h3-5,9-10,17,21H,2,6-8,11-16,18H2,1H3/t21-/m1/s1. The van der Waals surface area contributed by atoms with Gasteiger partial charge in [-0.05, 0) is 69.2 Å². The summed E-state index contributed by atoms with van der Waals surface area (Å²) in [4.78, 5) is 19.9. The van der Waals surface area contributed by atoms with Gasteiger partial charge in [0.2, 0.25) is 0 Å². The van der Waals surface area contributed by atoms with E-state index in [1.807, 2.05) is 13.0 Å². The third-order valence-electron chi connectivity index (χ3n) is 5.42. The van der Waals surface area contributed by atoms with Crippen molar-refractivity contribution in [3.63, 3.8) is 0 Å². The van der Waals surface area contributed by atoms with Crippen molar-refractivity contribution in [2.75, 3.05) is 32.8 Å². The van der Waals surface area contributed by atoms with Crippen LogP contribution in [0.2, 0.25) is 0 Å². The molecule has 0 amide bonds. The lowest BCUT2D eigenvalue weighted by Crippen LogP contribution is -2.40. The average Bonchev–Trinajstić information content (AvgIpc) is 2.73. The topological polar surface area (TPSA) is 51.1 Å². The van der Waals surface area contributed by atoms with E-state index in [4.69, 9.17) is 9.57 Å². The molecule has 1 atom stereocenters. The fourth-order valence-electron chi connectivity index (χ4n) is 3.93. The quantitative estimate of drug-likeness (QED) is 0.400. The number of piperidine rings is 1. The molecule has 28 heavy (non-hydrogen) atoms. The van der Waals surface area contributed by atoms with Crippen LogP contribution in [0.25, 0.3) is 6.08 Å². The molecule has 2 aliphatic rings. The van der Waals surface area contributed by atoms with Gasteiger partial charge in [-0.3, -0.25) is 9.69 Å². The third-order valence-corrected chi connectivity index (χ3v) is 5.42. The molecule has 0 spiro atoms. The molecular formula is C23H32N2O3. The van der Waals surface area contributed by atoms with Crippen molar-refractivity contribution >= 4 is 17.8 Å². The molecule has 1 aliphatic carbocycles. The molecule has 1 aromatic carbocycles. The van der Waals surface area contributed by atoms with E-state index in [0.717, 1.165) is 51.0 Å². The Morgan fingerprint density at radius 3 is 2.86 bits per heavy atom. The minimum absolute atomic E-state index is 0.00114. The van der Waals surface area contributed by atoms with E-state index in [9.17, 15) is 4.79 Å². The molecule has 1 heterocycles. The molecule has 1 saturated heterocycles. The van der Waals surface area contributed by atoms with E-state index < -0.39 is 0 Å². The maximum atomic E-state index is 12.0. The summed E-state index contributed by atoms with van der Waals surface area (Å²) in [5.41, 5.74) is 3.58. The maximum absolute atomic E-state index is 12.0. The first-order valence-corrected chi connectivity index (χ1v) is 10.6. The molecule has 0 unspecified atom stereocenters. The Kier molecular flexibility index (Phi) is 8.09. The number of carbonyl (C=O) groups is 1. The van der Waals surface area contributed by atoms with Gasteiger partial charge in [-0.1, -0.05) is 35.5 Å². The van der Waals surface area contributed by atoms with Crippen LogP contribution >= 0.6 is 0 Å². The summed E-state index contributed by atoms with van der Waals surface area (Å²) >= 11 is 0. The summed E-state index contributed by atoms with van der Waals surface area (Å²) in [6.45, 7) is 5.43. The van der Waals surface area contributed by atoms with Crippen molar-refractivity contribution in [3.05, 3.63) is 41.5 Å². The van der Waals surface area contributed by atoms with Crippen molar-refractivity contribution in [1.29, 1.82) is 0 Å². The van der Waals surface area contributed by atoms with Gasteiger partial charge in [-0.2, -0.15) is 0 Å². The Hall–Kier alpha value is -2.14. The monoisotopic (exact) mass is 384 g/mol. The van der Waals surface area contributed by atoms with Crippen LogP contribution in [0.15, 0.2) is 41.1 Å². The van der Waals surface area contributed by atoms with Crippen LogP contribution in [-0.2, 0) is 14.4 Å². The number of hydrogen-bond acceptors (Lipinski definition) is 5. The number of ether oxygens (including phenoxy) is 1. The number of nitrogens with zero attached hydrogens (tertiary/aromatic N) is 2. The highest BCUT2D eigenvalue weighted by Crippen LogP contribution is 2.24. The predicted octanol–water partition coefficient (Wildman–Crippen LogP) is 4.29. The highest BCUT2D eigenvalue weighted by molar-refractivity contribution is 6.03. The minimum atomic E-state index is -0.0636. The largest absolute Gasteiger partial charge is 0.466 e. The normalized spacial score (nSPS) is 23.7. The van der Waals surface area contributed by atoms with Gasteiger partial charge in [0.1, 0.15) is 6.61 Å². The van der Waals surface area contributed by atoms with Crippen LogP contribution in [-0.4, -0.2) is 49.4 Å². The Morgan fingerprint density at radius 2 is 2.04 bits per heavy atom. The second kappa shape index (κ2) is 11.0. The first kappa shape index (κ1) is 20.6. The van der Waals surface area contributed by atoms with Crippen molar-refractivity contribution in [1.82, 2.24) is 4.90 Å². The van der Waals surface area contributed by atoms with Crippen molar-refractivity contribution in [2.45, 2.75) is 45.4 Å². The lowest BCUT2D eigenvalue weighted by atomic mass is 9.91. The number of oxime groups is 1. The molecule has 3 rings (SSSR count). The van der Waals surface area contributed by atoms with E-state index in [1.165, 1.54) is 24.0 Å². The molecule has 152 valence electrons. The molecule has 1 saturated carbocycles. The maximum Gasteiger partial charge on any atom is 0.310 e. The molecule has 2 fully saturated rings. The van der Waals surface area contributed by atoms with Crippen molar-refractivity contribution in [3.8, 4) is 0 Å². The Balaban J connectivity index is 1.49. The number of carbonyl (C=O) groups excluding carboxylic acids is 1. The van der Waals surface area contributed by atoms with Gasteiger partial charge in [-0.25, -0.2) is 0 Å². The number of esters is 1. The highest BCUT2D eigenvalue weighted by atomic mass is 16.6. The van der Waals surface area contributed by atoms with Crippen molar-refractivity contribution < 1.29 is 14.4 Å². The van der Waals surface area contributed by atoms with Gasteiger partial charge < -0.3 is 9.57 Å². The first-order valence-electron chi connectivity index (χ1n) is 10.6. The van der Waals surface area contributed by atoms with E-state index in [0.29, 0.717) is 13.2 Å². The zero-order valence-corrected chi connectivity index (χ0v) is 16.9. The van der Waals surface area contributed by atoms with Crippen LogP contribution in [0.3, 0.4) is 0 Å². The number of likely N-dealkylation sites (tertiary alicyclic amines) is 1. The molecule has 0 aromatic heterocycles.